The molecule has 1 atom stereocenters. The van der Waals surface area contributed by atoms with Crippen LogP contribution in [0.5, 0.6) is 0 Å². The summed E-state index contributed by atoms with van der Waals surface area (Å²) in [6.45, 7) is 0.584. The lowest BCUT2D eigenvalue weighted by atomic mass is 10.1. The Hall–Kier alpha value is -2.04. The molecule has 0 aromatic heterocycles. The van der Waals surface area contributed by atoms with Gasteiger partial charge < -0.3 is 15.1 Å². The summed E-state index contributed by atoms with van der Waals surface area (Å²) < 4.78 is 0. The van der Waals surface area contributed by atoms with Gasteiger partial charge in [0.15, 0.2) is 0 Å². The van der Waals surface area contributed by atoms with Crippen molar-refractivity contribution < 1.29 is 9.59 Å². The first-order valence-electron chi connectivity index (χ1n) is 6.29. The third-order valence-electron chi connectivity index (χ3n) is 3.32. The summed E-state index contributed by atoms with van der Waals surface area (Å²) in [5.41, 5.74) is 1.67. The molecule has 0 saturated carbocycles. The minimum atomic E-state index is -0.126. The number of rotatable bonds is 3. The maximum Gasteiger partial charge on any atom is 0.251 e. The maximum atomic E-state index is 12.0. The third-order valence-corrected chi connectivity index (χ3v) is 3.32. The van der Waals surface area contributed by atoms with Crippen molar-refractivity contribution in [1.29, 1.82) is 0 Å². The highest BCUT2D eigenvalue weighted by Crippen LogP contribution is 2.13. The molecular formula is C14H19N3O2. The van der Waals surface area contributed by atoms with Crippen LogP contribution in [-0.2, 0) is 4.79 Å². The normalized spacial score (nSPS) is 18.6. The topological polar surface area (TPSA) is 52.7 Å². The Balaban J connectivity index is 1.98. The molecule has 1 fully saturated rings. The average Bonchev–Trinajstić information content (AvgIpc) is 2.68. The Kier molecular flexibility index (Phi) is 3.74. The first-order valence-corrected chi connectivity index (χ1v) is 6.29. The number of amides is 2. The summed E-state index contributed by atoms with van der Waals surface area (Å²) >= 11 is 0. The molecule has 0 aliphatic carbocycles. The molecule has 1 unspecified atom stereocenters. The van der Waals surface area contributed by atoms with Crippen LogP contribution in [0.15, 0.2) is 24.3 Å². The van der Waals surface area contributed by atoms with Gasteiger partial charge in [-0.1, -0.05) is 0 Å². The van der Waals surface area contributed by atoms with Gasteiger partial charge in [0.2, 0.25) is 5.91 Å². The summed E-state index contributed by atoms with van der Waals surface area (Å²) in [5, 5.41) is 2.89. The second-order valence-electron chi connectivity index (χ2n) is 5.09. The lowest BCUT2D eigenvalue weighted by Crippen LogP contribution is -2.36. The summed E-state index contributed by atoms with van der Waals surface area (Å²) in [7, 11) is 5.66. The molecule has 5 heteroatoms. The number of benzene rings is 1. The number of anilines is 1. The van der Waals surface area contributed by atoms with Gasteiger partial charge in [-0.05, 0) is 24.3 Å². The van der Waals surface area contributed by atoms with Crippen molar-refractivity contribution in [1.82, 2.24) is 10.2 Å². The lowest BCUT2D eigenvalue weighted by Gasteiger charge is -2.14. The smallest absolute Gasteiger partial charge is 0.251 e. The number of hydrogen-bond donors (Lipinski definition) is 1. The molecule has 1 aliphatic heterocycles. The monoisotopic (exact) mass is 261 g/mol. The van der Waals surface area contributed by atoms with Crippen LogP contribution < -0.4 is 10.2 Å². The zero-order valence-corrected chi connectivity index (χ0v) is 11.5. The Morgan fingerprint density at radius 3 is 2.42 bits per heavy atom. The molecule has 102 valence electrons. The van der Waals surface area contributed by atoms with Gasteiger partial charge in [-0.15, -0.1) is 0 Å². The van der Waals surface area contributed by atoms with E-state index in [9.17, 15) is 9.59 Å². The molecule has 1 heterocycles. The van der Waals surface area contributed by atoms with Gasteiger partial charge in [-0.3, -0.25) is 9.59 Å². The minimum Gasteiger partial charge on any atom is -0.378 e. The Labute approximate surface area is 113 Å². The van der Waals surface area contributed by atoms with Crippen molar-refractivity contribution in [2.75, 3.05) is 32.6 Å². The van der Waals surface area contributed by atoms with E-state index in [1.165, 1.54) is 0 Å². The highest BCUT2D eigenvalue weighted by molar-refractivity contribution is 5.95. The highest BCUT2D eigenvalue weighted by Gasteiger charge is 2.27. The summed E-state index contributed by atoms with van der Waals surface area (Å²) in [6.07, 6.45) is 0.387. The van der Waals surface area contributed by atoms with Gasteiger partial charge in [0, 0.05) is 45.4 Å². The number of carbonyl (C=O) groups is 2. The van der Waals surface area contributed by atoms with Gasteiger partial charge >= 0.3 is 0 Å². The second-order valence-corrected chi connectivity index (χ2v) is 5.09. The molecule has 1 N–H and O–H groups in total. The van der Waals surface area contributed by atoms with Crippen LogP contribution in [0.4, 0.5) is 5.69 Å². The zero-order valence-electron chi connectivity index (χ0n) is 11.5. The van der Waals surface area contributed by atoms with E-state index in [0.717, 1.165) is 5.69 Å². The summed E-state index contributed by atoms with van der Waals surface area (Å²) in [6, 6.07) is 7.32. The van der Waals surface area contributed by atoms with Crippen molar-refractivity contribution in [2.45, 2.75) is 12.5 Å². The molecule has 1 aromatic rings. The van der Waals surface area contributed by atoms with E-state index in [1.807, 2.05) is 31.1 Å². The molecule has 1 aromatic carbocycles. The van der Waals surface area contributed by atoms with Gasteiger partial charge in [-0.2, -0.15) is 0 Å². The first-order chi connectivity index (χ1) is 8.97. The maximum absolute atomic E-state index is 12.0. The number of nitrogens with zero attached hydrogens (tertiary/aromatic N) is 2. The minimum absolute atomic E-state index is 0.0771. The number of hydrogen-bond acceptors (Lipinski definition) is 3. The van der Waals surface area contributed by atoms with Crippen LogP contribution >= 0.6 is 0 Å². The molecule has 2 rings (SSSR count). The van der Waals surface area contributed by atoms with Crippen molar-refractivity contribution in [3.63, 3.8) is 0 Å². The molecule has 2 amide bonds. The second kappa shape index (κ2) is 5.30. The summed E-state index contributed by atoms with van der Waals surface area (Å²) in [4.78, 5) is 27.0. The predicted octanol–water partition coefficient (Wildman–Crippen LogP) is 0.713. The molecular weight excluding hydrogens is 242 g/mol. The number of carbonyl (C=O) groups excluding carboxylic acids is 2. The largest absolute Gasteiger partial charge is 0.378 e. The fourth-order valence-electron chi connectivity index (χ4n) is 2.14. The zero-order chi connectivity index (χ0) is 14.0. The van der Waals surface area contributed by atoms with E-state index in [2.05, 4.69) is 5.32 Å². The predicted molar refractivity (Wildman–Crippen MR) is 74.3 cm³/mol. The molecule has 0 radical (unpaired) electrons. The van der Waals surface area contributed by atoms with E-state index >= 15 is 0 Å². The van der Waals surface area contributed by atoms with E-state index in [0.29, 0.717) is 18.5 Å². The Morgan fingerprint density at radius 2 is 1.95 bits per heavy atom. The molecule has 0 spiro atoms. The Bertz CT molecular complexity index is 482. The van der Waals surface area contributed by atoms with E-state index in [-0.39, 0.29) is 17.9 Å². The summed E-state index contributed by atoms with van der Waals surface area (Å²) in [5.74, 6) is -0.0494. The molecule has 19 heavy (non-hydrogen) atoms. The highest BCUT2D eigenvalue weighted by atomic mass is 16.2. The Morgan fingerprint density at radius 1 is 1.32 bits per heavy atom. The van der Waals surface area contributed by atoms with Gasteiger partial charge in [-0.25, -0.2) is 0 Å². The standard InChI is InChI=1S/C14H19N3O2/c1-16(2)12-6-4-10(5-7-12)14(19)15-11-8-13(18)17(3)9-11/h4-7,11H,8-9H2,1-3H3,(H,15,19). The van der Waals surface area contributed by atoms with Crippen LogP contribution in [-0.4, -0.2) is 50.4 Å². The third kappa shape index (κ3) is 3.05. The molecule has 0 bridgehead atoms. The molecule has 1 aliphatic rings. The fraction of sp³-hybridized carbons (Fsp3) is 0.429. The van der Waals surface area contributed by atoms with Gasteiger partial charge in [0.25, 0.3) is 5.91 Å². The van der Waals surface area contributed by atoms with Crippen LogP contribution in [0.2, 0.25) is 0 Å². The van der Waals surface area contributed by atoms with Gasteiger partial charge in [0.1, 0.15) is 0 Å². The molecule has 1 saturated heterocycles. The van der Waals surface area contributed by atoms with Gasteiger partial charge in [0.05, 0.1) is 6.04 Å². The van der Waals surface area contributed by atoms with E-state index in [4.69, 9.17) is 0 Å². The number of likely N-dealkylation sites (N-methyl/N-ethyl adjacent to an activating group) is 1. The van der Waals surface area contributed by atoms with Crippen molar-refractivity contribution in [2.24, 2.45) is 0 Å². The van der Waals surface area contributed by atoms with Crippen LogP contribution in [0, 0.1) is 0 Å². The quantitative estimate of drug-likeness (QED) is 0.872. The van der Waals surface area contributed by atoms with E-state index in [1.54, 1.807) is 24.1 Å². The van der Waals surface area contributed by atoms with Crippen molar-refractivity contribution in [3.8, 4) is 0 Å². The fourth-order valence-corrected chi connectivity index (χ4v) is 2.14. The first kappa shape index (κ1) is 13.4. The van der Waals surface area contributed by atoms with E-state index < -0.39 is 0 Å². The van der Waals surface area contributed by atoms with Crippen LogP contribution in [0.3, 0.4) is 0 Å². The van der Waals surface area contributed by atoms with Crippen molar-refractivity contribution >= 4 is 17.5 Å². The number of likely N-dealkylation sites (tertiary alicyclic amines) is 1. The average molecular weight is 261 g/mol. The van der Waals surface area contributed by atoms with Crippen LogP contribution in [0.25, 0.3) is 0 Å². The lowest BCUT2D eigenvalue weighted by molar-refractivity contribution is -0.126. The number of nitrogens with one attached hydrogen (secondary N) is 1. The SMILES string of the molecule is CN1CC(NC(=O)c2ccc(N(C)C)cc2)CC1=O. The van der Waals surface area contributed by atoms with Crippen LogP contribution in [0.1, 0.15) is 16.8 Å². The molecule has 5 nitrogen and oxygen atoms in total. The van der Waals surface area contributed by atoms with Crippen molar-refractivity contribution in [3.05, 3.63) is 29.8 Å².